The van der Waals surface area contributed by atoms with Crippen molar-refractivity contribution in [2.24, 2.45) is 4.99 Å². The summed E-state index contributed by atoms with van der Waals surface area (Å²) < 4.78 is 26.9. The third kappa shape index (κ3) is 5.86. The summed E-state index contributed by atoms with van der Waals surface area (Å²) >= 11 is 0. The van der Waals surface area contributed by atoms with Crippen molar-refractivity contribution in [2.75, 3.05) is 42.2 Å². The highest BCUT2D eigenvalue weighted by Crippen LogP contribution is 2.19. The van der Waals surface area contributed by atoms with E-state index in [1.54, 1.807) is 13.2 Å². The zero-order valence-corrected chi connectivity index (χ0v) is 17.9. The fourth-order valence-electron chi connectivity index (χ4n) is 3.52. The van der Waals surface area contributed by atoms with E-state index in [2.05, 4.69) is 37.4 Å². The number of benzene rings is 1. The van der Waals surface area contributed by atoms with Gasteiger partial charge in [0.25, 0.3) is 0 Å². The van der Waals surface area contributed by atoms with Gasteiger partial charge < -0.3 is 15.1 Å². The van der Waals surface area contributed by atoms with E-state index in [9.17, 15) is 8.78 Å². The van der Waals surface area contributed by atoms with Crippen LogP contribution < -0.4 is 15.5 Å². The molecule has 2 aromatic rings. The Hall–Kier alpha value is -3.32. The van der Waals surface area contributed by atoms with Gasteiger partial charge in [-0.25, -0.2) is 13.8 Å². The standard InChI is InChI=1S/C21H26F2N8/c1-4-31-9-5-6-15(12-31)27-19-10-14(2)26-20(28-19)29-21(25-13-24)30(3)16-7-8-17(22)18(23)11-16/h7-8,10-11,15H,4-6,9,12H2,1-3H3,(H2,25,26,27,28,29). The van der Waals surface area contributed by atoms with Crippen LogP contribution in [0.5, 0.6) is 0 Å². The van der Waals surface area contributed by atoms with Gasteiger partial charge >= 0.3 is 0 Å². The molecule has 1 aliphatic heterocycles. The van der Waals surface area contributed by atoms with E-state index in [1.165, 1.54) is 11.0 Å². The largest absolute Gasteiger partial charge is 0.366 e. The highest BCUT2D eigenvalue weighted by Gasteiger charge is 2.20. The predicted octanol–water partition coefficient (Wildman–Crippen LogP) is 3.34. The van der Waals surface area contributed by atoms with Crippen LogP contribution >= 0.6 is 0 Å². The van der Waals surface area contributed by atoms with Crippen molar-refractivity contribution in [3.8, 4) is 6.19 Å². The second-order valence-electron chi connectivity index (χ2n) is 7.41. The first-order valence-corrected chi connectivity index (χ1v) is 10.2. The molecular formula is C21H26F2N8. The van der Waals surface area contributed by atoms with E-state index in [1.807, 2.05) is 13.0 Å². The maximum atomic E-state index is 13.6. The van der Waals surface area contributed by atoms with E-state index >= 15 is 0 Å². The lowest BCUT2D eigenvalue weighted by Gasteiger charge is -2.32. The van der Waals surface area contributed by atoms with Gasteiger partial charge in [0.15, 0.2) is 11.6 Å². The van der Waals surface area contributed by atoms with Crippen LogP contribution in [0.2, 0.25) is 0 Å². The summed E-state index contributed by atoms with van der Waals surface area (Å²) in [6, 6.07) is 5.57. The van der Waals surface area contributed by atoms with Crippen molar-refractivity contribution < 1.29 is 8.78 Å². The summed E-state index contributed by atoms with van der Waals surface area (Å²) in [5, 5.41) is 15.5. The third-order valence-electron chi connectivity index (χ3n) is 5.15. The number of anilines is 3. The van der Waals surface area contributed by atoms with Crippen molar-refractivity contribution in [1.82, 2.24) is 14.9 Å². The molecule has 1 atom stereocenters. The van der Waals surface area contributed by atoms with Gasteiger partial charge in [-0.05, 0) is 45.0 Å². The molecule has 8 nitrogen and oxygen atoms in total. The van der Waals surface area contributed by atoms with Crippen LogP contribution in [0.25, 0.3) is 0 Å². The minimum Gasteiger partial charge on any atom is -0.366 e. The fourth-order valence-corrected chi connectivity index (χ4v) is 3.52. The SMILES string of the molecule is CCN1CCCC(Nc2cc(C)nc(N/C(=N/C#N)N(C)c3ccc(F)c(F)c3)n2)C1. The zero-order chi connectivity index (χ0) is 22.4. The number of aromatic nitrogens is 2. The number of likely N-dealkylation sites (tertiary alicyclic amines) is 1. The lowest BCUT2D eigenvalue weighted by atomic mass is 10.1. The van der Waals surface area contributed by atoms with Crippen molar-refractivity contribution in [2.45, 2.75) is 32.7 Å². The zero-order valence-electron chi connectivity index (χ0n) is 17.9. The molecular weight excluding hydrogens is 402 g/mol. The molecule has 10 heteroatoms. The molecule has 31 heavy (non-hydrogen) atoms. The third-order valence-corrected chi connectivity index (χ3v) is 5.15. The number of hydrogen-bond acceptors (Lipinski definition) is 6. The molecule has 0 radical (unpaired) electrons. The Morgan fingerprint density at radius 1 is 1.32 bits per heavy atom. The normalized spacial score (nSPS) is 17.2. The first-order valence-electron chi connectivity index (χ1n) is 10.2. The summed E-state index contributed by atoms with van der Waals surface area (Å²) in [6.45, 7) is 7.06. The average molecular weight is 428 g/mol. The number of piperidine rings is 1. The van der Waals surface area contributed by atoms with Crippen molar-refractivity contribution in [1.29, 1.82) is 5.26 Å². The summed E-state index contributed by atoms with van der Waals surface area (Å²) in [5.74, 6) is -0.947. The molecule has 2 N–H and O–H groups in total. The molecule has 1 aliphatic rings. The molecule has 1 aromatic heterocycles. The van der Waals surface area contributed by atoms with Crippen molar-refractivity contribution in [3.63, 3.8) is 0 Å². The van der Waals surface area contributed by atoms with Crippen LogP contribution in [0, 0.1) is 30.0 Å². The van der Waals surface area contributed by atoms with Crippen molar-refractivity contribution >= 4 is 23.4 Å². The van der Waals surface area contributed by atoms with E-state index in [0.717, 1.165) is 50.3 Å². The van der Waals surface area contributed by atoms with E-state index < -0.39 is 11.6 Å². The lowest BCUT2D eigenvalue weighted by Crippen LogP contribution is -2.42. The Bertz CT molecular complexity index is 988. The van der Waals surface area contributed by atoms with Gasteiger partial charge in [-0.1, -0.05) is 6.92 Å². The van der Waals surface area contributed by atoms with E-state index in [0.29, 0.717) is 11.5 Å². The number of aryl methyl sites for hydroxylation is 1. The highest BCUT2D eigenvalue weighted by molar-refractivity contribution is 6.04. The molecule has 0 amide bonds. The number of rotatable bonds is 5. The second kappa shape index (κ2) is 10.1. The van der Waals surface area contributed by atoms with E-state index in [-0.39, 0.29) is 17.9 Å². The van der Waals surface area contributed by atoms with Gasteiger partial charge in [-0.3, -0.25) is 5.32 Å². The maximum Gasteiger partial charge on any atom is 0.231 e. The second-order valence-corrected chi connectivity index (χ2v) is 7.41. The number of halogens is 2. The molecule has 3 rings (SSSR count). The fraction of sp³-hybridized carbons (Fsp3) is 0.429. The molecule has 0 bridgehead atoms. The van der Waals surface area contributed by atoms with Crippen LogP contribution in [0.15, 0.2) is 29.3 Å². The number of nitrogens with zero attached hydrogens (tertiary/aromatic N) is 6. The Kier molecular flexibility index (Phi) is 7.31. The van der Waals surface area contributed by atoms with Gasteiger partial charge in [0.05, 0.1) is 0 Å². The van der Waals surface area contributed by atoms with Gasteiger partial charge in [0.2, 0.25) is 18.1 Å². The molecule has 1 unspecified atom stereocenters. The maximum absolute atomic E-state index is 13.6. The first-order chi connectivity index (χ1) is 14.9. The van der Waals surface area contributed by atoms with Crippen LogP contribution in [0.1, 0.15) is 25.5 Å². The number of guanidine groups is 1. The molecule has 0 aliphatic carbocycles. The summed E-state index contributed by atoms with van der Waals surface area (Å²) in [6.07, 6.45) is 3.89. The number of hydrogen-bond donors (Lipinski definition) is 2. The molecule has 1 fully saturated rings. The van der Waals surface area contributed by atoms with Gasteiger partial charge in [-0.15, -0.1) is 4.99 Å². The molecule has 1 aromatic carbocycles. The summed E-state index contributed by atoms with van der Waals surface area (Å²) in [5.41, 5.74) is 1.04. The van der Waals surface area contributed by atoms with Gasteiger partial charge in [0, 0.05) is 43.1 Å². The Morgan fingerprint density at radius 3 is 2.84 bits per heavy atom. The minimum atomic E-state index is -0.993. The van der Waals surface area contributed by atoms with Gasteiger partial charge in [0.1, 0.15) is 5.82 Å². The Labute approximate surface area is 180 Å². The number of nitrogens with one attached hydrogen (secondary N) is 2. The van der Waals surface area contributed by atoms with Crippen LogP contribution in [0.4, 0.5) is 26.2 Å². The van der Waals surface area contributed by atoms with Crippen LogP contribution in [0.3, 0.4) is 0 Å². The van der Waals surface area contributed by atoms with Crippen LogP contribution in [-0.2, 0) is 0 Å². The topological polar surface area (TPSA) is 92.5 Å². The molecule has 1 saturated heterocycles. The smallest absolute Gasteiger partial charge is 0.231 e. The molecule has 0 spiro atoms. The quantitative estimate of drug-likeness (QED) is 0.429. The number of likely N-dealkylation sites (N-methyl/N-ethyl adjacent to an activating group) is 1. The Balaban J connectivity index is 1.78. The predicted molar refractivity (Wildman–Crippen MR) is 117 cm³/mol. The average Bonchev–Trinajstić information content (AvgIpc) is 2.74. The van der Waals surface area contributed by atoms with Crippen LogP contribution in [-0.4, -0.2) is 53.6 Å². The highest BCUT2D eigenvalue weighted by atomic mass is 19.2. The number of nitriles is 1. The minimum absolute atomic E-state index is 0.0832. The van der Waals surface area contributed by atoms with E-state index in [4.69, 9.17) is 5.26 Å². The first kappa shape index (κ1) is 22.4. The molecule has 2 heterocycles. The summed E-state index contributed by atoms with van der Waals surface area (Å²) in [4.78, 5) is 16.4. The lowest BCUT2D eigenvalue weighted by molar-refractivity contribution is 0.226. The molecule has 0 saturated carbocycles. The van der Waals surface area contributed by atoms with Crippen molar-refractivity contribution in [3.05, 3.63) is 41.6 Å². The number of aliphatic imine (C=N–C) groups is 1. The monoisotopic (exact) mass is 428 g/mol. The Morgan fingerprint density at radius 2 is 2.13 bits per heavy atom. The summed E-state index contributed by atoms with van der Waals surface area (Å²) in [7, 11) is 1.58. The molecule has 164 valence electrons. The van der Waals surface area contributed by atoms with Gasteiger partial charge in [-0.2, -0.15) is 10.2 Å².